The molecule has 1 aromatic carbocycles. The predicted molar refractivity (Wildman–Crippen MR) is 117 cm³/mol. The number of rotatable bonds is 7. The number of nitrogens with two attached hydrogens (primary N) is 1. The van der Waals surface area contributed by atoms with Crippen LogP contribution >= 0.6 is 0 Å². The van der Waals surface area contributed by atoms with Crippen LogP contribution in [-0.4, -0.2) is 40.3 Å². The standard InChI is InChI=1S/C20H23N9O2/c1-3-29-15(7-12(2)27-29)24-16(31)9-28-11-22-17-18(25-20(21)26-19(17)28)23-14-6-4-5-13(8-14)10-30/h4-8,11,30H,3,9-10H2,1-2H3,(H,24,31)(H3,21,23,25,26). The van der Waals surface area contributed by atoms with Crippen molar-refractivity contribution in [2.75, 3.05) is 16.4 Å². The summed E-state index contributed by atoms with van der Waals surface area (Å²) in [7, 11) is 0. The Bertz CT molecular complexity index is 1240. The number of anilines is 4. The molecule has 0 unspecified atom stereocenters. The van der Waals surface area contributed by atoms with Crippen molar-refractivity contribution in [2.24, 2.45) is 0 Å². The van der Waals surface area contributed by atoms with Gasteiger partial charge in [0, 0.05) is 18.3 Å². The lowest BCUT2D eigenvalue weighted by atomic mass is 10.2. The quantitative estimate of drug-likeness (QED) is 0.353. The molecule has 4 rings (SSSR count). The molecule has 0 radical (unpaired) electrons. The topological polar surface area (TPSA) is 149 Å². The highest BCUT2D eigenvalue weighted by Gasteiger charge is 2.16. The number of nitrogen functional groups attached to an aromatic ring is 1. The smallest absolute Gasteiger partial charge is 0.245 e. The summed E-state index contributed by atoms with van der Waals surface area (Å²) in [6.07, 6.45) is 1.52. The van der Waals surface area contributed by atoms with Crippen LogP contribution in [0.2, 0.25) is 0 Å². The molecule has 4 aromatic rings. The Labute approximate surface area is 177 Å². The van der Waals surface area contributed by atoms with Gasteiger partial charge in [-0.3, -0.25) is 4.79 Å². The van der Waals surface area contributed by atoms with Crippen LogP contribution in [0.25, 0.3) is 11.2 Å². The van der Waals surface area contributed by atoms with Crippen LogP contribution in [0.4, 0.5) is 23.3 Å². The number of hydrogen-bond acceptors (Lipinski definition) is 8. The lowest BCUT2D eigenvalue weighted by molar-refractivity contribution is -0.116. The summed E-state index contributed by atoms with van der Waals surface area (Å²) < 4.78 is 3.33. The first-order chi connectivity index (χ1) is 15.0. The van der Waals surface area contributed by atoms with Gasteiger partial charge in [0.2, 0.25) is 11.9 Å². The van der Waals surface area contributed by atoms with Crippen molar-refractivity contribution < 1.29 is 9.90 Å². The summed E-state index contributed by atoms with van der Waals surface area (Å²) in [4.78, 5) is 25.5. The minimum Gasteiger partial charge on any atom is -0.392 e. The van der Waals surface area contributed by atoms with Crippen molar-refractivity contribution in [1.29, 1.82) is 0 Å². The molecule has 11 nitrogen and oxygen atoms in total. The molecule has 0 aliphatic rings. The number of carbonyl (C=O) groups excluding carboxylic acids is 1. The zero-order valence-corrected chi connectivity index (χ0v) is 17.2. The Kier molecular flexibility index (Phi) is 5.50. The molecule has 0 atom stereocenters. The van der Waals surface area contributed by atoms with Crippen molar-refractivity contribution >= 4 is 40.3 Å². The maximum Gasteiger partial charge on any atom is 0.245 e. The molecule has 0 saturated carbocycles. The van der Waals surface area contributed by atoms with Crippen molar-refractivity contribution in [3.63, 3.8) is 0 Å². The Morgan fingerprint density at radius 1 is 1.26 bits per heavy atom. The summed E-state index contributed by atoms with van der Waals surface area (Å²) in [5, 5.41) is 19.7. The van der Waals surface area contributed by atoms with Crippen molar-refractivity contribution in [3.8, 4) is 0 Å². The minimum absolute atomic E-state index is 0.000330. The van der Waals surface area contributed by atoms with Crippen LogP contribution in [0, 0.1) is 6.92 Å². The number of carbonyl (C=O) groups is 1. The van der Waals surface area contributed by atoms with Crippen LogP contribution in [0.1, 0.15) is 18.2 Å². The summed E-state index contributed by atoms with van der Waals surface area (Å²) in [6, 6.07) is 9.09. The SMILES string of the molecule is CCn1nc(C)cc1NC(=O)Cn1cnc2c(Nc3cccc(CO)c3)nc(N)nc21. The number of aliphatic hydroxyl groups is 1. The second-order valence-corrected chi connectivity index (χ2v) is 6.99. The molecule has 31 heavy (non-hydrogen) atoms. The molecule has 0 aliphatic heterocycles. The van der Waals surface area contributed by atoms with Crippen molar-refractivity contribution in [1.82, 2.24) is 29.3 Å². The maximum atomic E-state index is 12.6. The zero-order valence-electron chi connectivity index (χ0n) is 17.2. The molecule has 3 heterocycles. The number of nitrogens with zero attached hydrogens (tertiary/aromatic N) is 6. The fourth-order valence-corrected chi connectivity index (χ4v) is 3.27. The third kappa shape index (κ3) is 4.31. The second-order valence-electron chi connectivity index (χ2n) is 6.99. The summed E-state index contributed by atoms with van der Waals surface area (Å²) in [6.45, 7) is 4.40. The number of fused-ring (bicyclic) bond motifs is 1. The molecule has 0 fully saturated rings. The second kappa shape index (κ2) is 8.40. The van der Waals surface area contributed by atoms with Gasteiger partial charge in [0.25, 0.3) is 0 Å². The normalized spacial score (nSPS) is 11.1. The molecule has 5 N–H and O–H groups in total. The zero-order chi connectivity index (χ0) is 22.0. The fraction of sp³-hybridized carbons (Fsp3) is 0.250. The number of aliphatic hydroxyl groups excluding tert-OH is 1. The van der Waals surface area contributed by atoms with E-state index in [1.165, 1.54) is 6.33 Å². The Hall–Kier alpha value is -3.99. The molecule has 160 valence electrons. The van der Waals surface area contributed by atoms with Gasteiger partial charge in [0.05, 0.1) is 18.6 Å². The number of nitrogens with one attached hydrogen (secondary N) is 2. The van der Waals surface area contributed by atoms with Crippen LogP contribution in [-0.2, 0) is 24.5 Å². The Morgan fingerprint density at radius 2 is 2.10 bits per heavy atom. The number of imidazole rings is 1. The molecular weight excluding hydrogens is 398 g/mol. The van der Waals surface area contributed by atoms with E-state index in [1.54, 1.807) is 15.3 Å². The summed E-state index contributed by atoms with van der Waals surface area (Å²) >= 11 is 0. The van der Waals surface area contributed by atoms with Gasteiger partial charge in [-0.2, -0.15) is 15.1 Å². The van der Waals surface area contributed by atoms with Crippen molar-refractivity contribution in [2.45, 2.75) is 33.5 Å². The first-order valence-corrected chi connectivity index (χ1v) is 9.76. The van der Waals surface area contributed by atoms with Gasteiger partial charge < -0.3 is 26.0 Å². The van der Waals surface area contributed by atoms with Crippen LogP contribution < -0.4 is 16.4 Å². The van der Waals surface area contributed by atoms with Crippen LogP contribution in [0.15, 0.2) is 36.7 Å². The van der Waals surface area contributed by atoms with E-state index in [9.17, 15) is 9.90 Å². The highest BCUT2D eigenvalue weighted by atomic mass is 16.3. The highest BCUT2D eigenvalue weighted by molar-refractivity contribution is 5.92. The average Bonchev–Trinajstić information content (AvgIpc) is 3.30. The maximum absolute atomic E-state index is 12.6. The number of hydrogen-bond donors (Lipinski definition) is 4. The predicted octanol–water partition coefficient (Wildman–Crippen LogP) is 1.81. The Balaban J connectivity index is 1.59. The molecular formula is C20H23N9O2. The molecule has 1 amide bonds. The third-order valence-electron chi connectivity index (χ3n) is 4.64. The number of amides is 1. The van der Waals surface area contributed by atoms with E-state index in [0.717, 1.165) is 16.9 Å². The van der Waals surface area contributed by atoms with Crippen LogP contribution in [0.3, 0.4) is 0 Å². The number of benzene rings is 1. The average molecular weight is 421 g/mol. The largest absolute Gasteiger partial charge is 0.392 e. The fourth-order valence-electron chi connectivity index (χ4n) is 3.27. The Morgan fingerprint density at radius 3 is 2.87 bits per heavy atom. The van der Waals surface area contributed by atoms with E-state index in [-0.39, 0.29) is 25.0 Å². The van der Waals surface area contributed by atoms with Crippen LogP contribution in [0.5, 0.6) is 0 Å². The van der Waals surface area contributed by atoms with Gasteiger partial charge in [-0.25, -0.2) is 9.67 Å². The van der Waals surface area contributed by atoms with Gasteiger partial charge in [-0.05, 0) is 31.5 Å². The molecule has 0 spiro atoms. The van der Waals surface area contributed by atoms with Gasteiger partial charge >= 0.3 is 0 Å². The van der Waals surface area contributed by atoms with Crippen molar-refractivity contribution in [3.05, 3.63) is 47.9 Å². The molecule has 0 saturated heterocycles. The van der Waals surface area contributed by atoms with Gasteiger partial charge in [-0.15, -0.1) is 0 Å². The molecule has 3 aromatic heterocycles. The monoisotopic (exact) mass is 421 g/mol. The lowest BCUT2D eigenvalue weighted by Crippen LogP contribution is -2.20. The summed E-state index contributed by atoms with van der Waals surface area (Å²) in [5.41, 5.74) is 9.12. The molecule has 0 aliphatic carbocycles. The van der Waals surface area contributed by atoms with Gasteiger partial charge in [-0.1, -0.05) is 12.1 Å². The van der Waals surface area contributed by atoms with E-state index in [1.807, 2.05) is 38.1 Å². The van der Waals surface area contributed by atoms with Gasteiger partial charge in [0.1, 0.15) is 12.4 Å². The van der Waals surface area contributed by atoms with E-state index in [4.69, 9.17) is 5.73 Å². The first kappa shape index (κ1) is 20.3. The number of aryl methyl sites for hydroxylation is 2. The summed E-state index contributed by atoms with van der Waals surface area (Å²) in [5.74, 6) is 0.859. The van der Waals surface area contributed by atoms with E-state index in [2.05, 4.69) is 30.7 Å². The molecule has 0 bridgehead atoms. The van der Waals surface area contributed by atoms with Gasteiger partial charge in [0.15, 0.2) is 17.0 Å². The van der Waals surface area contributed by atoms with E-state index < -0.39 is 0 Å². The lowest BCUT2D eigenvalue weighted by Gasteiger charge is -2.10. The minimum atomic E-state index is -0.240. The first-order valence-electron chi connectivity index (χ1n) is 9.76. The third-order valence-corrected chi connectivity index (χ3v) is 4.64. The van der Waals surface area contributed by atoms with E-state index >= 15 is 0 Å². The highest BCUT2D eigenvalue weighted by Crippen LogP contribution is 2.24. The van der Waals surface area contributed by atoms with E-state index in [0.29, 0.717) is 29.3 Å². The molecule has 11 heteroatoms. The number of aromatic nitrogens is 6.